The largest absolute Gasteiger partial charge is 0.484 e. The van der Waals surface area contributed by atoms with Gasteiger partial charge in [-0.1, -0.05) is 23.8 Å². The highest BCUT2D eigenvalue weighted by atomic mass is 16.5. The fourth-order valence-corrected chi connectivity index (χ4v) is 3.15. The van der Waals surface area contributed by atoms with E-state index in [1.165, 1.54) is 0 Å². The van der Waals surface area contributed by atoms with E-state index in [-0.39, 0.29) is 36.7 Å². The molecule has 30 heavy (non-hydrogen) atoms. The second kappa shape index (κ2) is 9.73. The maximum atomic E-state index is 12.3. The van der Waals surface area contributed by atoms with Crippen LogP contribution >= 0.6 is 0 Å². The summed E-state index contributed by atoms with van der Waals surface area (Å²) in [5, 5.41) is 5.50. The highest BCUT2D eigenvalue weighted by molar-refractivity contribution is 6.00. The first-order chi connectivity index (χ1) is 14.5. The van der Waals surface area contributed by atoms with Crippen LogP contribution in [0.5, 0.6) is 5.75 Å². The zero-order valence-electron chi connectivity index (χ0n) is 16.9. The molecule has 0 spiro atoms. The number of nitrogens with zero attached hydrogens (tertiary/aromatic N) is 1. The fraction of sp³-hybridized carbons (Fsp3) is 0.261. The third-order valence-electron chi connectivity index (χ3n) is 4.77. The number of amides is 3. The van der Waals surface area contributed by atoms with Gasteiger partial charge in [0.05, 0.1) is 5.92 Å². The number of aryl methyl sites for hydroxylation is 1. The Kier molecular flexibility index (Phi) is 6.85. The average Bonchev–Trinajstić information content (AvgIpc) is 3.14. The van der Waals surface area contributed by atoms with Crippen LogP contribution in [-0.4, -0.2) is 37.4 Å². The van der Waals surface area contributed by atoms with Crippen LogP contribution in [0.3, 0.4) is 0 Å². The zero-order chi connectivity index (χ0) is 21.5. The molecule has 1 fully saturated rings. The van der Waals surface area contributed by atoms with Gasteiger partial charge >= 0.3 is 0 Å². The molecule has 0 saturated carbocycles. The summed E-state index contributed by atoms with van der Waals surface area (Å²) >= 11 is 0. The van der Waals surface area contributed by atoms with Crippen molar-refractivity contribution in [3.63, 3.8) is 0 Å². The third-order valence-corrected chi connectivity index (χ3v) is 4.77. The minimum atomic E-state index is -0.376. The lowest BCUT2D eigenvalue weighted by molar-refractivity contribution is -0.126. The van der Waals surface area contributed by atoms with E-state index in [1.807, 2.05) is 31.2 Å². The summed E-state index contributed by atoms with van der Waals surface area (Å²) in [6.45, 7) is 6.14. The first kappa shape index (κ1) is 21.1. The molecule has 0 unspecified atom stereocenters. The summed E-state index contributed by atoms with van der Waals surface area (Å²) in [7, 11) is 0. The third kappa shape index (κ3) is 5.47. The molecule has 7 heteroatoms. The molecule has 1 atom stereocenters. The van der Waals surface area contributed by atoms with Crippen molar-refractivity contribution in [3.05, 3.63) is 66.7 Å². The SMILES string of the molecule is C=CCNC(=O)[C@@H]1CC(=O)N(c2ccc(OCC(=O)Nc3ccc(C)cc3)cc2)C1. The van der Waals surface area contributed by atoms with Gasteiger partial charge in [0.1, 0.15) is 5.75 Å². The minimum Gasteiger partial charge on any atom is -0.484 e. The molecular formula is C23H25N3O4. The molecule has 1 aliphatic rings. The van der Waals surface area contributed by atoms with E-state index >= 15 is 0 Å². The van der Waals surface area contributed by atoms with E-state index in [0.29, 0.717) is 30.2 Å². The Hall–Kier alpha value is -3.61. The molecule has 7 nitrogen and oxygen atoms in total. The van der Waals surface area contributed by atoms with Crippen LogP contribution in [0.15, 0.2) is 61.2 Å². The second-order valence-corrected chi connectivity index (χ2v) is 7.14. The molecule has 2 aromatic carbocycles. The Morgan fingerprint density at radius 2 is 1.87 bits per heavy atom. The fourth-order valence-electron chi connectivity index (χ4n) is 3.15. The van der Waals surface area contributed by atoms with Crippen molar-refractivity contribution in [1.29, 1.82) is 0 Å². The van der Waals surface area contributed by atoms with E-state index in [1.54, 1.807) is 35.2 Å². The first-order valence-corrected chi connectivity index (χ1v) is 9.74. The Morgan fingerprint density at radius 3 is 2.53 bits per heavy atom. The van der Waals surface area contributed by atoms with Crippen molar-refractivity contribution in [2.24, 2.45) is 5.92 Å². The zero-order valence-corrected chi connectivity index (χ0v) is 16.9. The Labute approximate surface area is 175 Å². The molecular weight excluding hydrogens is 382 g/mol. The molecule has 0 aliphatic carbocycles. The monoisotopic (exact) mass is 407 g/mol. The Morgan fingerprint density at radius 1 is 1.17 bits per heavy atom. The summed E-state index contributed by atoms with van der Waals surface area (Å²) in [5.41, 5.74) is 2.52. The number of nitrogens with one attached hydrogen (secondary N) is 2. The molecule has 1 heterocycles. The number of carbonyl (C=O) groups excluding carboxylic acids is 3. The molecule has 3 rings (SSSR count). The molecule has 156 valence electrons. The number of anilines is 2. The molecule has 2 aromatic rings. The van der Waals surface area contributed by atoms with E-state index < -0.39 is 0 Å². The minimum absolute atomic E-state index is 0.0973. The topological polar surface area (TPSA) is 87.7 Å². The van der Waals surface area contributed by atoms with Gasteiger partial charge in [0, 0.05) is 30.9 Å². The highest BCUT2D eigenvalue weighted by Crippen LogP contribution is 2.27. The number of hydrogen-bond acceptors (Lipinski definition) is 4. The van der Waals surface area contributed by atoms with E-state index in [2.05, 4.69) is 17.2 Å². The van der Waals surface area contributed by atoms with Gasteiger partial charge in [0.25, 0.3) is 5.91 Å². The molecule has 1 aliphatic heterocycles. The number of carbonyl (C=O) groups is 3. The lowest BCUT2D eigenvalue weighted by Gasteiger charge is -2.17. The highest BCUT2D eigenvalue weighted by Gasteiger charge is 2.34. The molecule has 1 saturated heterocycles. The van der Waals surface area contributed by atoms with E-state index in [9.17, 15) is 14.4 Å². The normalized spacial score (nSPS) is 15.6. The standard InChI is InChI=1S/C23H25N3O4/c1-3-12-24-23(29)17-13-22(28)26(14-17)19-8-10-20(11-9-19)30-15-21(27)25-18-6-4-16(2)5-7-18/h3-11,17H,1,12-15H2,2H3,(H,24,29)(H,25,27)/t17-/m1/s1. The van der Waals surface area contributed by atoms with Gasteiger partial charge < -0.3 is 20.3 Å². The summed E-state index contributed by atoms with van der Waals surface area (Å²) in [6.07, 6.45) is 1.78. The molecule has 2 N–H and O–H groups in total. The summed E-state index contributed by atoms with van der Waals surface area (Å²) in [5.74, 6) is -0.361. The van der Waals surface area contributed by atoms with Gasteiger partial charge in [-0.15, -0.1) is 6.58 Å². The van der Waals surface area contributed by atoms with Gasteiger partial charge in [-0.3, -0.25) is 14.4 Å². The van der Waals surface area contributed by atoms with Gasteiger partial charge in [-0.2, -0.15) is 0 Å². The number of rotatable bonds is 8. The molecule has 3 amide bonds. The van der Waals surface area contributed by atoms with Crippen LogP contribution in [-0.2, 0) is 14.4 Å². The van der Waals surface area contributed by atoms with Crippen molar-refractivity contribution < 1.29 is 19.1 Å². The van der Waals surface area contributed by atoms with Gasteiger partial charge in [0.15, 0.2) is 6.61 Å². The van der Waals surface area contributed by atoms with Crippen molar-refractivity contribution in [2.75, 3.05) is 29.9 Å². The average molecular weight is 407 g/mol. The summed E-state index contributed by atoms with van der Waals surface area (Å²) < 4.78 is 5.52. The van der Waals surface area contributed by atoms with Crippen LogP contribution in [0.2, 0.25) is 0 Å². The van der Waals surface area contributed by atoms with Gasteiger partial charge in [-0.25, -0.2) is 0 Å². The first-order valence-electron chi connectivity index (χ1n) is 9.74. The predicted octanol–water partition coefficient (Wildman–Crippen LogP) is 2.67. The smallest absolute Gasteiger partial charge is 0.262 e. The lowest BCUT2D eigenvalue weighted by Crippen LogP contribution is -2.32. The number of ether oxygens (including phenoxy) is 1. The van der Waals surface area contributed by atoms with Crippen molar-refractivity contribution in [1.82, 2.24) is 5.32 Å². The number of hydrogen-bond donors (Lipinski definition) is 2. The molecule has 0 radical (unpaired) electrons. The van der Waals surface area contributed by atoms with Crippen molar-refractivity contribution in [3.8, 4) is 5.75 Å². The van der Waals surface area contributed by atoms with Crippen molar-refractivity contribution >= 4 is 29.1 Å². The lowest BCUT2D eigenvalue weighted by atomic mass is 10.1. The van der Waals surface area contributed by atoms with Crippen LogP contribution in [0.4, 0.5) is 11.4 Å². The molecule has 0 bridgehead atoms. The second-order valence-electron chi connectivity index (χ2n) is 7.14. The van der Waals surface area contributed by atoms with Crippen molar-refractivity contribution in [2.45, 2.75) is 13.3 Å². The summed E-state index contributed by atoms with van der Waals surface area (Å²) in [6, 6.07) is 14.4. The Balaban J connectivity index is 1.51. The maximum absolute atomic E-state index is 12.3. The maximum Gasteiger partial charge on any atom is 0.262 e. The van der Waals surface area contributed by atoms with Crippen LogP contribution < -0.4 is 20.3 Å². The van der Waals surface area contributed by atoms with Crippen LogP contribution in [0, 0.1) is 12.8 Å². The van der Waals surface area contributed by atoms with Gasteiger partial charge in [-0.05, 0) is 43.3 Å². The van der Waals surface area contributed by atoms with Crippen LogP contribution in [0.25, 0.3) is 0 Å². The number of benzene rings is 2. The van der Waals surface area contributed by atoms with E-state index in [4.69, 9.17) is 4.74 Å². The molecule has 0 aromatic heterocycles. The summed E-state index contributed by atoms with van der Waals surface area (Å²) in [4.78, 5) is 38.0. The van der Waals surface area contributed by atoms with Crippen LogP contribution in [0.1, 0.15) is 12.0 Å². The Bertz CT molecular complexity index is 922. The quantitative estimate of drug-likeness (QED) is 0.659. The van der Waals surface area contributed by atoms with E-state index in [0.717, 1.165) is 5.56 Å². The van der Waals surface area contributed by atoms with Gasteiger partial charge in [0.2, 0.25) is 11.8 Å². The predicted molar refractivity (Wildman–Crippen MR) is 115 cm³/mol.